The lowest BCUT2D eigenvalue weighted by atomic mass is 10.1. The first-order chi connectivity index (χ1) is 8.19. The summed E-state index contributed by atoms with van der Waals surface area (Å²) in [4.78, 5) is 0. The highest BCUT2D eigenvalue weighted by molar-refractivity contribution is 9.10. The van der Waals surface area contributed by atoms with Gasteiger partial charge in [0.15, 0.2) is 0 Å². The van der Waals surface area contributed by atoms with Gasteiger partial charge >= 0.3 is 0 Å². The van der Waals surface area contributed by atoms with Gasteiger partial charge in [-0.3, -0.25) is 0 Å². The van der Waals surface area contributed by atoms with Gasteiger partial charge in [0.05, 0.1) is 6.61 Å². The van der Waals surface area contributed by atoms with Crippen molar-refractivity contribution in [1.82, 2.24) is 0 Å². The average molecular weight is 321 g/mol. The monoisotopic (exact) mass is 320 g/mol. The van der Waals surface area contributed by atoms with E-state index in [0.717, 1.165) is 28.3 Å². The third-order valence-corrected chi connectivity index (χ3v) is 3.54. The van der Waals surface area contributed by atoms with E-state index in [4.69, 9.17) is 4.74 Å². The topological polar surface area (TPSA) is 9.23 Å². The van der Waals surface area contributed by atoms with Crippen molar-refractivity contribution < 1.29 is 13.5 Å². The van der Waals surface area contributed by atoms with Gasteiger partial charge in [-0.15, -0.1) is 0 Å². The molecule has 18 heavy (non-hydrogen) atoms. The highest BCUT2D eigenvalue weighted by atomic mass is 79.9. The summed E-state index contributed by atoms with van der Waals surface area (Å²) in [5.41, 5.74) is 2.08. The summed E-state index contributed by atoms with van der Waals surface area (Å²) < 4.78 is 32.3. The van der Waals surface area contributed by atoms with Gasteiger partial charge in [0.1, 0.15) is 5.75 Å². The molecule has 0 saturated carbocycles. The first kappa shape index (κ1) is 15.4. The molecular weight excluding hydrogens is 302 g/mol. The molecule has 0 N–H and O–H groups in total. The van der Waals surface area contributed by atoms with Crippen molar-refractivity contribution in [3.05, 3.63) is 27.7 Å². The van der Waals surface area contributed by atoms with Crippen molar-refractivity contribution in [2.75, 3.05) is 6.61 Å². The van der Waals surface area contributed by atoms with Crippen LogP contribution in [0.5, 0.6) is 5.75 Å². The highest BCUT2D eigenvalue weighted by Gasteiger charge is 2.24. The second-order valence-corrected chi connectivity index (χ2v) is 5.91. The molecule has 0 radical (unpaired) electrons. The second kappa shape index (κ2) is 6.00. The van der Waals surface area contributed by atoms with Crippen LogP contribution >= 0.6 is 15.9 Å². The lowest BCUT2D eigenvalue weighted by Gasteiger charge is -2.18. The van der Waals surface area contributed by atoms with Gasteiger partial charge in [0.2, 0.25) is 5.92 Å². The van der Waals surface area contributed by atoms with E-state index in [1.165, 1.54) is 0 Å². The van der Waals surface area contributed by atoms with Crippen molar-refractivity contribution in [1.29, 1.82) is 0 Å². The summed E-state index contributed by atoms with van der Waals surface area (Å²) in [7, 11) is 0. The van der Waals surface area contributed by atoms with Crippen LogP contribution in [-0.4, -0.2) is 12.5 Å². The van der Waals surface area contributed by atoms with E-state index in [2.05, 4.69) is 15.9 Å². The maximum absolute atomic E-state index is 12.8. The highest BCUT2D eigenvalue weighted by Crippen LogP contribution is 2.28. The first-order valence-electron chi connectivity index (χ1n) is 5.96. The van der Waals surface area contributed by atoms with Gasteiger partial charge in [0.25, 0.3) is 0 Å². The number of hydrogen-bond acceptors (Lipinski definition) is 1. The Labute approximate surface area is 116 Å². The Morgan fingerprint density at radius 3 is 2.44 bits per heavy atom. The van der Waals surface area contributed by atoms with Crippen molar-refractivity contribution in [2.24, 2.45) is 5.92 Å². The van der Waals surface area contributed by atoms with Crippen molar-refractivity contribution in [3.63, 3.8) is 0 Å². The first-order valence-corrected chi connectivity index (χ1v) is 6.75. The van der Waals surface area contributed by atoms with E-state index in [9.17, 15) is 8.78 Å². The quantitative estimate of drug-likeness (QED) is 0.731. The molecule has 1 rings (SSSR count). The molecule has 1 aromatic rings. The van der Waals surface area contributed by atoms with Crippen molar-refractivity contribution in [3.8, 4) is 5.75 Å². The summed E-state index contributed by atoms with van der Waals surface area (Å²) in [6.45, 7) is 6.95. The molecule has 0 heterocycles. The molecule has 1 aromatic carbocycles. The third-order valence-electron chi connectivity index (χ3n) is 2.69. The molecule has 1 nitrogen and oxygen atoms in total. The zero-order valence-electron chi connectivity index (χ0n) is 11.2. The van der Waals surface area contributed by atoms with Crippen LogP contribution in [0.1, 0.15) is 31.4 Å². The van der Waals surface area contributed by atoms with Crippen LogP contribution in [0.2, 0.25) is 0 Å². The number of halogens is 3. The maximum Gasteiger partial charge on any atom is 0.245 e. The van der Waals surface area contributed by atoms with Gasteiger partial charge in [-0.05, 0) is 49.9 Å². The fraction of sp³-hybridized carbons (Fsp3) is 0.571. The van der Waals surface area contributed by atoms with Crippen LogP contribution in [0.15, 0.2) is 16.6 Å². The number of aryl methyl sites for hydroxylation is 2. The minimum absolute atomic E-state index is 0.151. The van der Waals surface area contributed by atoms with Crippen LogP contribution in [0, 0.1) is 19.8 Å². The molecule has 1 atom stereocenters. The molecule has 1 unspecified atom stereocenters. The summed E-state index contributed by atoms with van der Waals surface area (Å²) in [5, 5.41) is 0. The van der Waals surface area contributed by atoms with Crippen LogP contribution in [-0.2, 0) is 0 Å². The lowest BCUT2D eigenvalue weighted by molar-refractivity contribution is -0.00717. The maximum atomic E-state index is 12.8. The molecule has 0 amide bonds. The molecule has 102 valence electrons. The molecule has 0 aliphatic carbocycles. The van der Waals surface area contributed by atoms with E-state index < -0.39 is 5.92 Å². The summed E-state index contributed by atoms with van der Waals surface area (Å²) in [6, 6.07) is 3.90. The average Bonchev–Trinajstić information content (AvgIpc) is 2.19. The third kappa shape index (κ3) is 4.92. The van der Waals surface area contributed by atoms with Gasteiger partial charge in [-0.2, -0.15) is 0 Å². The predicted molar refractivity (Wildman–Crippen MR) is 73.5 cm³/mol. The Morgan fingerprint density at radius 2 is 1.89 bits per heavy atom. The Hall–Kier alpha value is -0.640. The zero-order valence-corrected chi connectivity index (χ0v) is 12.8. The van der Waals surface area contributed by atoms with E-state index in [0.29, 0.717) is 6.61 Å². The summed E-state index contributed by atoms with van der Waals surface area (Å²) in [5.74, 6) is -2.04. The molecule has 0 aromatic heterocycles. The SMILES string of the molecule is Cc1cc(OCC(C)CC(C)(F)F)c(C)cc1Br. The summed E-state index contributed by atoms with van der Waals surface area (Å²) in [6.07, 6.45) is -0.151. The van der Waals surface area contributed by atoms with Crippen molar-refractivity contribution >= 4 is 15.9 Å². The van der Waals surface area contributed by atoms with Crippen LogP contribution in [0.3, 0.4) is 0 Å². The predicted octanol–water partition coefficient (Wildman–Crippen LogP) is 5.13. The number of rotatable bonds is 5. The van der Waals surface area contributed by atoms with Gasteiger partial charge in [-0.25, -0.2) is 8.78 Å². The van der Waals surface area contributed by atoms with Gasteiger partial charge in [0, 0.05) is 10.9 Å². The molecule has 4 heteroatoms. The Balaban J connectivity index is 2.61. The molecular formula is C14H19BrF2O. The Bertz CT molecular complexity index is 413. The minimum Gasteiger partial charge on any atom is -0.493 e. The van der Waals surface area contributed by atoms with Gasteiger partial charge in [-0.1, -0.05) is 22.9 Å². The Kier molecular flexibility index (Phi) is 5.14. The number of benzene rings is 1. The molecule has 0 bridgehead atoms. The largest absolute Gasteiger partial charge is 0.493 e. The molecule has 0 saturated heterocycles. The van der Waals surface area contributed by atoms with E-state index >= 15 is 0 Å². The van der Waals surface area contributed by atoms with Crippen LogP contribution in [0.4, 0.5) is 8.78 Å². The lowest BCUT2D eigenvalue weighted by Crippen LogP contribution is -2.19. The van der Waals surface area contributed by atoms with E-state index in [1.807, 2.05) is 26.0 Å². The molecule has 0 fully saturated rings. The fourth-order valence-electron chi connectivity index (χ4n) is 1.81. The molecule has 0 aliphatic heterocycles. The minimum atomic E-state index is -2.63. The normalized spacial score (nSPS) is 13.5. The zero-order chi connectivity index (χ0) is 13.9. The Morgan fingerprint density at radius 1 is 1.28 bits per heavy atom. The second-order valence-electron chi connectivity index (χ2n) is 5.06. The standard InChI is InChI=1S/C14H19BrF2O/c1-9(7-14(4,16)17)8-18-13-6-10(2)12(15)5-11(13)3/h5-6,9H,7-8H2,1-4H3. The smallest absolute Gasteiger partial charge is 0.245 e. The van der Waals surface area contributed by atoms with Crippen LogP contribution in [0.25, 0.3) is 0 Å². The van der Waals surface area contributed by atoms with Crippen LogP contribution < -0.4 is 4.74 Å². The van der Waals surface area contributed by atoms with Crippen molar-refractivity contribution in [2.45, 2.75) is 40.0 Å². The number of hydrogen-bond donors (Lipinski definition) is 0. The fourth-order valence-corrected chi connectivity index (χ4v) is 2.27. The molecule has 0 spiro atoms. The number of ether oxygens (including phenoxy) is 1. The van der Waals surface area contributed by atoms with E-state index in [-0.39, 0.29) is 12.3 Å². The van der Waals surface area contributed by atoms with E-state index in [1.54, 1.807) is 6.92 Å². The number of alkyl halides is 2. The van der Waals surface area contributed by atoms with Gasteiger partial charge < -0.3 is 4.74 Å². The molecule has 0 aliphatic rings. The summed E-state index contributed by atoms with van der Waals surface area (Å²) >= 11 is 3.45.